The Labute approximate surface area is 215 Å². The van der Waals surface area contributed by atoms with Gasteiger partial charge in [0.05, 0.1) is 5.92 Å². The minimum Gasteiger partial charge on any atom is -0.481 e. The first-order chi connectivity index (χ1) is 17.7. The third kappa shape index (κ3) is 5.87. The molecule has 0 spiro atoms. The highest BCUT2D eigenvalue weighted by Gasteiger charge is 2.23. The Morgan fingerprint density at radius 1 is 1.05 bits per heavy atom. The second-order valence-electron chi connectivity index (χ2n) is 7.96. The van der Waals surface area contributed by atoms with Gasteiger partial charge in [-0.2, -0.15) is 4.39 Å². The molecule has 2 N–H and O–H groups in total. The molecule has 2 aromatic carbocycles. The van der Waals surface area contributed by atoms with E-state index in [2.05, 4.69) is 15.5 Å². The topological polar surface area (TPSA) is 124 Å². The number of halogens is 2. The number of hydrogen-bond acceptors (Lipinski definition) is 7. The second kappa shape index (κ2) is 11.1. The van der Waals surface area contributed by atoms with E-state index in [1.165, 1.54) is 18.3 Å². The van der Waals surface area contributed by atoms with Crippen molar-refractivity contribution in [2.45, 2.75) is 25.9 Å². The first-order valence-corrected chi connectivity index (χ1v) is 11.5. The highest BCUT2D eigenvalue weighted by atomic mass is 35.5. The zero-order chi connectivity index (χ0) is 26.5. The molecule has 37 heavy (non-hydrogen) atoms. The maximum Gasteiger partial charge on any atom is 0.412 e. The Balaban J connectivity index is 1.49. The number of carboxylic acid groups (broad SMARTS) is 1. The molecule has 2 unspecified atom stereocenters. The number of ether oxygens (including phenoxy) is 2. The zero-order valence-corrected chi connectivity index (χ0v) is 20.4. The van der Waals surface area contributed by atoms with Crippen LogP contribution in [0.15, 0.2) is 71.4 Å². The number of hydrogen-bond donors (Lipinski definition) is 2. The maximum absolute atomic E-state index is 14.3. The summed E-state index contributed by atoms with van der Waals surface area (Å²) in [5.74, 6) is -2.42. The summed E-state index contributed by atoms with van der Waals surface area (Å²) >= 11 is 6.14. The molecule has 0 saturated heterocycles. The zero-order valence-electron chi connectivity index (χ0n) is 19.6. The minimum absolute atomic E-state index is 0.0844. The number of aliphatic carboxylic acids is 1. The number of pyridine rings is 1. The summed E-state index contributed by atoms with van der Waals surface area (Å²) in [6.07, 6.45) is -0.306. The molecule has 0 aliphatic heterocycles. The van der Waals surface area contributed by atoms with Gasteiger partial charge in [0.2, 0.25) is 5.88 Å². The molecule has 2 aromatic heterocycles. The third-order valence-corrected chi connectivity index (χ3v) is 5.82. The number of benzene rings is 2. The van der Waals surface area contributed by atoms with E-state index in [9.17, 15) is 19.1 Å². The molecule has 2 atom stereocenters. The number of carbonyl (C=O) groups is 2. The van der Waals surface area contributed by atoms with Crippen molar-refractivity contribution in [1.82, 2.24) is 10.1 Å². The molecule has 4 aromatic rings. The van der Waals surface area contributed by atoms with Gasteiger partial charge in [-0.25, -0.2) is 9.78 Å². The van der Waals surface area contributed by atoms with Crippen molar-refractivity contribution in [1.29, 1.82) is 0 Å². The van der Waals surface area contributed by atoms with Gasteiger partial charge >= 0.3 is 12.1 Å². The SMILES string of the molecule is CC(OC(=O)Nc1c(F)noc1-c1ccc(Oc2ccccc2C(C)C(=O)O)nc1)c1ccccc1Cl. The molecule has 9 nitrogen and oxygen atoms in total. The van der Waals surface area contributed by atoms with Crippen molar-refractivity contribution in [3.63, 3.8) is 0 Å². The fraction of sp³-hybridized carbons (Fsp3) is 0.154. The Bertz CT molecular complexity index is 1430. The van der Waals surface area contributed by atoms with Crippen molar-refractivity contribution in [2.24, 2.45) is 0 Å². The molecule has 0 aliphatic carbocycles. The summed E-state index contributed by atoms with van der Waals surface area (Å²) in [6, 6.07) is 16.6. The van der Waals surface area contributed by atoms with Gasteiger partial charge in [-0.3, -0.25) is 10.1 Å². The molecule has 0 aliphatic rings. The largest absolute Gasteiger partial charge is 0.481 e. The number of nitrogens with one attached hydrogen (secondary N) is 1. The smallest absolute Gasteiger partial charge is 0.412 e. The quantitative estimate of drug-likeness (QED) is 0.257. The minimum atomic E-state index is -1.05. The number of rotatable bonds is 8. The lowest BCUT2D eigenvalue weighted by atomic mass is 10.0. The van der Waals surface area contributed by atoms with Crippen molar-refractivity contribution in [3.8, 4) is 23.0 Å². The third-order valence-electron chi connectivity index (χ3n) is 5.47. The van der Waals surface area contributed by atoms with Gasteiger partial charge in [-0.1, -0.05) is 48.0 Å². The predicted octanol–water partition coefficient (Wildman–Crippen LogP) is 6.82. The predicted molar refractivity (Wildman–Crippen MR) is 132 cm³/mol. The van der Waals surface area contributed by atoms with Crippen LogP contribution < -0.4 is 10.1 Å². The fourth-order valence-corrected chi connectivity index (χ4v) is 3.78. The summed E-state index contributed by atoms with van der Waals surface area (Å²) in [4.78, 5) is 28.0. The molecular formula is C26H21ClFN3O6. The van der Waals surface area contributed by atoms with Crippen LogP contribution >= 0.6 is 11.6 Å². The van der Waals surface area contributed by atoms with E-state index in [-0.39, 0.29) is 17.3 Å². The molecule has 11 heteroatoms. The van der Waals surface area contributed by atoms with E-state index in [0.717, 1.165) is 0 Å². The van der Waals surface area contributed by atoms with Gasteiger partial charge < -0.3 is 19.1 Å². The molecule has 0 saturated carbocycles. The lowest BCUT2D eigenvalue weighted by Crippen LogP contribution is -2.17. The maximum atomic E-state index is 14.3. The van der Waals surface area contributed by atoms with Crippen LogP contribution in [0.25, 0.3) is 11.3 Å². The highest BCUT2D eigenvalue weighted by Crippen LogP contribution is 2.34. The highest BCUT2D eigenvalue weighted by molar-refractivity contribution is 6.31. The van der Waals surface area contributed by atoms with Gasteiger partial charge in [0, 0.05) is 34.0 Å². The first kappa shape index (κ1) is 25.6. The molecule has 2 heterocycles. The number of aromatic nitrogens is 2. The van der Waals surface area contributed by atoms with Crippen molar-refractivity contribution in [2.75, 3.05) is 5.32 Å². The number of para-hydroxylation sites is 1. The van der Waals surface area contributed by atoms with Crippen LogP contribution in [0.2, 0.25) is 5.02 Å². The Morgan fingerprint density at radius 2 is 1.76 bits per heavy atom. The van der Waals surface area contributed by atoms with Gasteiger partial charge in [0.1, 0.15) is 17.5 Å². The van der Waals surface area contributed by atoms with Crippen molar-refractivity contribution >= 4 is 29.4 Å². The van der Waals surface area contributed by atoms with E-state index >= 15 is 0 Å². The fourth-order valence-electron chi connectivity index (χ4n) is 3.49. The normalized spacial score (nSPS) is 12.4. The van der Waals surface area contributed by atoms with Crippen molar-refractivity contribution in [3.05, 3.63) is 89.0 Å². The summed E-state index contributed by atoms with van der Waals surface area (Å²) in [5.41, 5.74) is 1.04. The second-order valence-corrected chi connectivity index (χ2v) is 8.36. The molecule has 0 fully saturated rings. The number of amides is 1. The molecule has 0 bridgehead atoms. The van der Waals surface area contributed by atoms with Crippen LogP contribution in [-0.4, -0.2) is 27.3 Å². The summed E-state index contributed by atoms with van der Waals surface area (Å²) in [5, 5.41) is 15.4. The molecular weight excluding hydrogens is 505 g/mol. The van der Waals surface area contributed by atoms with E-state index in [1.807, 2.05) is 0 Å². The summed E-state index contributed by atoms with van der Waals surface area (Å²) in [6.45, 7) is 3.18. The van der Waals surface area contributed by atoms with Gasteiger partial charge in [0.25, 0.3) is 5.95 Å². The van der Waals surface area contributed by atoms with Crippen molar-refractivity contribution < 1.29 is 33.1 Å². The van der Waals surface area contributed by atoms with Gasteiger partial charge in [-0.15, -0.1) is 0 Å². The molecule has 0 radical (unpaired) electrons. The van der Waals surface area contributed by atoms with Crippen LogP contribution in [0.3, 0.4) is 0 Å². The van der Waals surface area contributed by atoms with Gasteiger partial charge in [-0.05, 0) is 37.2 Å². The number of nitrogens with zero attached hydrogens (tertiary/aromatic N) is 2. The van der Waals surface area contributed by atoms with Gasteiger partial charge in [0.15, 0.2) is 5.76 Å². The summed E-state index contributed by atoms with van der Waals surface area (Å²) in [7, 11) is 0. The monoisotopic (exact) mass is 525 g/mol. The Hall–Kier alpha value is -4.44. The van der Waals surface area contributed by atoms with E-state index in [0.29, 0.717) is 27.5 Å². The number of anilines is 1. The van der Waals surface area contributed by atoms with Crippen LogP contribution in [0, 0.1) is 5.95 Å². The number of carbonyl (C=O) groups excluding carboxylic acids is 1. The Kier molecular flexibility index (Phi) is 7.69. The van der Waals surface area contributed by atoms with Crippen LogP contribution in [-0.2, 0) is 9.53 Å². The van der Waals surface area contributed by atoms with Crippen LogP contribution in [0.4, 0.5) is 14.9 Å². The van der Waals surface area contributed by atoms with Crippen LogP contribution in [0.5, 0.6) is 11.6 Å². The molecule has 4 rings (SSSR count). The van der Waals surface area contributed by atoms with E-state index < -0.39 is 30.0 Å². The lowest BCUT2D eigenvalue weighted by Gasteiger charge is -2.15. The molecule has 190 valence electrons. The lowest BCUT2D eigenvalue weighted by molar-refractivity contribution is -0.138. The average Bonchev–Trinajstić information content (AvgIpc) is 3.24. The summed E-state index contributed by atoms with van der Waals surface area (Å²) < 4.78 is 30.5. The van der Waals surface area contributed by atoms with E-state index in [4.69, 9.17) is 25.6 Å². The molecule has 1 amide bonds. The van der Waals surface area contributed by atoms with Crippen LogP contribution in [0.1, 0.15) is 37.0 Å². The standard InChI is InChI=1S/C26H21ClFN3O6/c1-14(25(32)33)17-7-4-6-10-20(17)36-21-12-11-16(13-29-21)23-22(24(28)31-37-23)30-26(34)35-15(2)18-8-3-5-9-19(18)27/h3-15H,1-2H3,(H,30,34)(H,32,33). The number of carboxylic acids is 1. The Morgan fingerprint density at radius 3 is 2.43 bits per heavy atom. The average molecular weight is 526 g/mol. The first-order valence-electron chi connectivity index (χ1n) is 11.1. The van der Waals surface area contributed by atoms with E-state index in [1.54, 1.807) is 62.4 Å².